The minimum absolute atomic E-state index is 0.0201. The summed E-state index contributed by atoms with van der Waals surface area (Å²) in [5.41, 5.74) is 18.8. The second kappa shape index (κ2) is 15.2. The number of rotatable bonds is 16. The molecule has 4 atom stereocenters. The molecule has 2 aromatic heterocycles. The van der Waals surface area contributed by atoms with Gasteiger partial charge in [-0.05, 0) is 30.9 Å². The van der Waals surface area contributed by atoms with Crippen molar-refractivity contribution >= 4 is 40.6 Å². The maximum Gasteiger partial charge on any atom is 0.326 e. The number of para-hydroxylation sites is 1. The Hall–Kier alpha value is -4.96. The highest BCUT2D eigenvalue weighted by atomic mass is 16.4. The second-order valence-corrected chi connectivity index (χ2v) is 9.60. The first-order valence-corrected chi connectivity index (χ1v) is 13.2. The number of hydrogen-bond acceptors (Lipinski definition) is 8. The Morgan fingerprint density at radius 2 is 1.64 bits per heavy atom. The third-order valence-corrected chi connectivity index (χ3v) is 6.44. The van der Waals surface area contributed by atoms with Crippen molar-refractivity contribution in [1.29, 1.82) is 0 Å². The van der Waals surface area contributed by atoms with Crippen LogP contribution in [0.5, 0.6) is 0 Å². The number of nitrogens with zero attached hydrogens (tertiary/aromatic N) is 2. The summed E-state index contributed by atoms with van der Waals surface area (Å²) < 4.78 is 0. The minimum Gasteiger partial charge on any atom is -0.480 e. The van der Waals surface area contributed by atoms with E-state index < -0.39 is 54.5 Å². The van der Waals surface area contributed by atoms with Crippen molar-refractivity contribution in [3.8, 4) is 0 Å². The van der Waals surface area contributed by atoms with Gasteiger partial charge in [-0.25, -0.2) is 9.78 Å². The van der Waals surface area contributed by atoms with E-state index >= 15 is 0 Å². The molecule has 42 heavy (non-hydrogen) atoms. The SMILES string of the molecule is NC(N)=NCCCC(NC(=O)C(Cc1cnc[nH]1)NC(=O)C(CO)NC(=O)C(N)Cc1c[nH]c2ccccc12)C(=O)O. The summed E-state index contributed by atoms with van der Waals surface area (Å²) in [5, 5.41) is 27.7. The van der Waals surface area contributed by atoms with Gasteiger partial charge in [-0.2, -0.15) is 0 Å². The fourth-order valence-corrected chi connectivity index (χ4v) is 4.23. The highest BCUT2D eigenvalue weighted by Gasteiger charge is 2.30. The molecule has 0 fully saturated rings. The number of aliphatic imine (C=N–C) groups is 1. The molecule has 0 bridgehead atoms. The van der Waals surface area contributed by atoms with E-state index in [4.69, 9.17) is 17.2 Å². The molecule has 0 saturated heterocycles. The Bertz CT molecular complexity index is 1390. The quantitative estimate of drug-likeness (QED) is 0.0483. The third kappa shape index (κ3) is 9.03. The largest absolute Gasteiger partial charge is 0.480 e. The van der Waals surface area contributed by atoms with Gasteiger partial charge in [0.15, 0.2) is 5.96 Å². The highest BCUT2D eigenvalue weighted by molar-refractivity contribution is 5.94. The summed E-state index contributed by atoms with van der Waals surface area (Å²) in [6.07, 6.45) is 4.94. The fourth-order valence-electron chi connectivity index (χ4n) is 4.23. The van der Waals surface area contributed by atoms with Gasteiger partial charge in [0.1, 0.15) is 18.1 Å². The summed E-state index contributed by atoms with van der Waals surface area (Å²) in [6, 6.07) is 2.47. The summed E-state index contributed by atoms with van der Waals surface area (Å²) in [6.45, 7) is -0.616. The Morgan fingerprint density at radius 3 is 2.31 bits per heavy atom. The summed E-state index contributed by atoms with van der Waals surface area (Å²) in [7, 11) is 0. The number of amides is 3. The van der Waals surface area contributed by atoms with Crippen molar-refractivity contribution in [2.75, 3.05) is 13.2 Å². The van der Waals surface area contributed by atoms with Crippen molar-refractivity contribution < 1.29 is 29.4 Å². The first kappa shape index (κ1) is 31.6. The Labute approximate surface area is 240 Å². The average Bonchev–Trinajstić information content (AvgIpc) is 3.62. The number of hydrogen-bond donors (Lipinski definition) is 10. The van der Waals surface area contributed by atoms with E-state index in [-0.39, 0.29) is 38.2 Å². The molecule has 226 valence electrons. The zero-order valence-electron chi connectivity index (χ0n) is 22.7. The molecule has 3 amide bonds. The molecule has 0 spiro atoms. The number of aromatic amines is 2. The predicted octanol–water partition coefficient (Wildman–Crippen LogP) is -2.41. The van der Waals surface area contributed by atoms with Gasteiger partial charge in [0.25, 0.3) is 0 Å². The standard InChI is InChI=1S/C26H36N10O6/c27-17(8-14-10-32-18-5-2-1-4-16(14)18)22(38)36-21(12-37)24(40)35-20(9-15-11-30-13-33-15)23(39)34-19(25(41)42)6-3-7-31-26(28)29/h1-2,4-5,10-11,13,17,19-21,32,37H,3,6-9,12,27H2,(H,30,33)(H,34,39)(H,35,40)(H,36,38)(H,41,42)(H4,28,29,31). The lowest BCUT2D eigenvalue weighted by atomic mass is 10.0. The normalized spacial score (nSPS) is 13.9. The number of carboxylic acids is 1. The summed E-state index contributed by atoms with van der Waals surface area (Å²) in [4.78, 5) is 64.4. The minimum atomic E-state index is -1.43. The van der Waals surface area contributed by atoms with Crippen LogP contribution in [-0.4, -0.2) is 92.1 Å². The first-order chi connectivity index (χ1) is 20.1. The van der Waals surface area contributed by atoms with Gasteiger partial charge in [-0.1, -0.05) is 18.2 Å². The van der Waals surface area contributed by atoms with Crippen molar-refractivity contribution in [2.45, 2.75) is 49.9 Å². The number of imidazole rings is 1. The maximum absolute atomic E-state index is 13.1. The van der Waals surface area contributed by atoms with Gasteiger partial charge in [0.2, 0.25) is 17.7 Å². The number of carbonyl (C=O) groups excluding carboxylic acids is 3. The van der Waals surface area contributed by atoms with E-state index in [1.54, 1.807) is 6.20 Å². The van der Waals surface area contributed by atoms with Crippen LogP contribution in [0.1, 0.15) is 24.1 Å². The fraction of sp³-hybridized carbons (Fsp3) is 0.385. The Morgan fingerprint density at radius 1 is 0.952 bits per heavy atom. The van der Waals surface area contributed by atoms with Crippen LogP contribution >= 0.6 is 0 Å². The van der Waals surface area contributed by atoms with Crippen LogP contribution in [0, 0.1) is 0 Å². The number of guanidine groups is 1. The van der Waals surface area contributed by atoms with E-state index in [0.717, 1.165) is 16.5 Å². The van der Waals surface area contributed by atoms with Gasteiger partial charge >= 0.3 is 5.97 Å². The molecule has 3 rings (SSSR count). The number of H-pyrrole nitrogens is 2. The van der Waals surface area contributed by atoms with E-state index in [1.165, 1.54) is 12.5 Å². The third-order valence-electron chi connectivity index (χ3n) is 6.44. The zero-order chi connectivity index (χ0) is 30.6. The lowest BCUT2D eigenvalue weighted by Gasteiger charge is -2.24. The van der Waals surface area contributed by atoms with Crippen molar-refractivity contribution in [2.24, 2.45) is 22.2 Å². The second-order valence-electron chi connectivity index (χ2n) is 9.60. The molecule has 2 heterocycles. The number of benzene rings is 1. The number of aliphatic hydroxyl groups excluding tert-OH is 1. The van der Waals surface area contributed by atoms with Crippen LogP contribution in [0.2, 0.25) is 0 Å². The van der Waals surface area contributed by atoms with Crippen LogP contribution in [0.3, 0.4) is 0 Å². The van der Waals surface area contributed by atoms with Crippen molar-refractivity contribution in [1.82, 2.24) is 30.9 Å². The van der Waals surface area contributed by atoms with Gasteiger partial charge in [0, 0.05) is 42.0 Å². The number of carbonyl (C=O) groups is 4. The molecule has 3 aromatic rings. The average molecular weight is 585 g/mol. The van der Waals surface area contributed by atoms with Crippen molar-refractivity contribution in [3.05, 3.63) is 54.2 Å². The number of nitrogens with two attached hydrogens (primary N) is 3. The van der Waals surface area contributed by atoms with Crippen LogP contribution in [0.4, 0.5) is 0 Å². The molecule has 13 N–H and O–H groups in total. The molecule has 1 aromatic carbocycles. The summed E-state index contributed by atoms with van der Waals surface area (Å²) >= 11 is 0. The molecule has 0 aliphatic heterocycles. The number of fused-ring (bicyclic) bond motifs is 1. The number of nitrogens with one attached hydrogen (secondary N) is 5. The molecule has 4 unspecified atom stereocenters. The number of aliphatic hydroxyl groups is 1. The lowest BCUT2D eigenvalue weighted by molar-refractivity contribution is -0.142. The Balaban J connectivity index is 1.65. The molecule has 0 radical (unpaired) electrons. The molecular weight excluding hydrogens is 548 g/mol. The summed E-state index contributed by atoms with van der Waals surface area (Å²) in [5.74, 6) is -3.78. The lowest BCUT2D eigenvalue weighted by Crippen LogP contribution is -2.58. The predicted molar refractivity (Wildman–Crippen MR) is 153 cm³/mol. The smallest absolute Gasteiger partial charge is 0.326 e. The van der Waals surface area contributed by atoms with E-state index in [2.05, 4.69) is 35.9 Å². The van der Waals surface area contributed by atoms with Crippen LogP contribution in [-0.2, 0) is 32.0 Å². The van der Waals surface area contributed by atoms with Crippen LogP contribution in [0.15, 0.2) is 48.0 Å². The Kier molecular flexibility index (Phi) is 11.4. The number of carboxylic acid groups (broad SMARTS) is 1. The monoisotopic (exact) mass is 584 g/mol. The van der Waals surface area contributed by atoms with Crippen LogP contribution < -0.4 is 33.2 Å². The highest BCUT2D eigenvalue weighted by Crippen LogP contribution is 2.18. The van der Waals surface area contributed by atoms with Gasteiger partial charge in [-0.3, -0.25) is 19.4 Å². The van der Waals surface area contributed by atoms with E-state index in [9.17, 15) is 29.4 Å². The molecule has 0 saturated carbocycles. The van der Waals surface area contributed by atoms with E-state index in [0.29, 0.717) is 5.69 Å². The zero-order valence-corrected chi connectivity index (χ0v) is 22.7. The molecular formula is C26H36N10O6. The molecule has 0 aliphatic carbocycles. The molecule has 16 heteroatoms. The van der Waals surface area contributed by atoms with Gasteiger partial charge in [-0.15, -0.1) is 0 Å². The topological polar surface area (TPSA) is 280 Å². The van der Waals surface area contributed by atoms with Gasteiger partial charge in [0.05, 0.1) is 19.0 Å². The molecule has 16 nitrogen and oxygen atoms in total. The first-order valence-electron chi connectivity index (χ1n) is 13.2. The maximum atomic E-state index is 13.1. The van der Waals surface area contributed by atoms with E-state index in [1.807, 2.05) is 24.3 Å². The number of aromatic nitrogens is 3. The van der Waals surface area contributed by atoms with Gasteiger partial charge < -0.3 is 53.3 Å². The number of aliphatic carboxylic acids is 1. The molecule has 0 aliphatic rings. The van der Waals surface area contributed by atoms with Crippen LogP contribution in [0.25, 0.3) is 10.9 Å². The van der Waals surface area contributed by atoms with Crippen molar-refractivity contribution in [3.63, 3.8) is 0 Å².